The maximum absolute atomic E-state index is 8.88. The molecule has 1 N–H and O–H groups in total. The van der Waals surface area contributed by atoms with Crippen LogP contribution in [0.3, 0.4) is 0 Å². The first-order chi connectivity index (χ1) is 6.79. The van der Waals surface area contributed by atoms with Gasteiger partial charge >= 0.3 is 0 Å². The minimum absolute atomic E-state index is 0.0151. The Morgan fingerprint density at radius 3 is 2.57 bits per heavy atom. The van der Waals surface area contributed by atoms with E-state index in [1.54, 1.807) is 6.20 Å². The van der Waals surface area contributed by atoms with Gasteiger partial charge in [-0.3, -0.25) is 0 Å². The Labute approximate surface area is 94.4 Å². The average molecular weight is 270 g/mol. The van der Waals surface area contributed by atoms with E-state index >= 15 is 0 Å². The molecule has 4 heteroatoms. The van der Waals surface area contributed by atoms with Gasteiger partial charge < -0.3 is 5.11 Å². The van der Waals surface area contributed by atoms with Crippen LogP contribution in [0.15, 0.2) is 34.9 Å². The second-order valence-electron chi connectivity index (χ2n) is 2.78. The molecule has 0 unspecified atom stereocenters. The molecule has 0 saturated heterocycles. The summed E-state index contributed by atoms with van der Waals surface area (Å²) in [6.45, 7) is 0.0151. The minimum Gasteiger partial charge on any atom is -0.389 e. The van der Waals surface area contributed by atoms with E-state index in [2.05, 4.69) is 20.9 Å². The second-order valence-corrected chi connectivity index (χ2v) is 4.81. The fourth-order valence-corrected chi connectivity index (χ4v) is 2.18. The van der Waals surface area contributed by atoms with Crippen molar-refractivity contribution in [2.45, 2.75) is 6.61 Å². The van der Waals surface area contributed by atoms with Crippen LogP contribution in [0.2, 0.25) is 0 Å². The molecule has 2 nitrogen and oxygen atoms in total. The molecule has 1 heterocycles. The van der Waals surface area contributed by atoms with E-state index in [1.807, 2.05) is 24.3 Å². The lowest BCUT2D eigenvalue weighted by Gasteiger charge is -1.95. The molecular formula is C10H8BrNOS. The van der Waals surface area contributed by atoms with Gasteiger partial charge in [0.2, 0.25) is 0 Å². The first-order valence-electron chi connectivity index (χ1n) is 4.11. The fourth-order valence-electron chi connectivity index (χ4n) is 1.13. The van der Waals surface area contributed by atoms with Crippen molar-refractivity contribution in [1.82, 2.24) is 4.98 Å². The van der Waals surface area contributed by atoms with E-state index < -0.39 is 0 Å². The molecule has 2 rings (SSSR count). The van der Waals surface area contributed by atoms with Crippen LogP contribution in [-0.4, -0.2) is 10.1 Å². The summed E-state index contributed by atoms with van der Waals surface area (Å²) in [6.07, 6.45) is 1.79. The molecule has 1 aromatic heterocycles. The predicted molar refractivity (Wildman–Crippen MR) is 61.2 cm³/mol. The number of benzene rings is 1. The Balaban J connectivity index is 2.34. The lowest BCUT2D eigenvalue weighted by Crippen LogP contribution is -1.75. The molecule has 0 spiro atoms. The summed E-state index contributed by atoms with van der Waals surface area (Å²) in [6, 6.07) is 8.04. The van der Waals surface area contributed by atoms with Gasteiger partial charge in [0.1, 0.15) is 5.01 Å². The molecule has 0 aliphatic carbocycles. The monoisotopic (exact) mass is 269 g/mol. The number of nitrogens with zero attached hydrogens (tertiary/aromatic N) is 1. The highest BCUT2D eigenvalue weighted by atomic mass is 79.9. The van der Waals surface area contributed by atoms with Crippen molar-refractivity contribution in [1.29, 1.82) is 0 Å². The summed E-state index contributed by atoms with van der Waals surface area (Å²) in [7, 11) is 0. The van der Waals surface area contributed by atoms with E-state index in [0.717, 1.165) is 19.9 Å². The molecule has 0 saturated carbocycles. The van der Waals surface area contributed by atoms with Crippen LogP contribution >= 0.6 is 27.3 Å². The Bertz CT molecular complexity index is 424. The highest BCUT2D eigenvalue weighted by Gasteiger charge is 2.02. The van der Waals surface area contributed by atoms with Crippen molar-refractivity contribution in [2.24, 2.45) is 0 Å². The molecular weight excluding hydrogens is 262 g/mol. The zero-order valence-electron chi connectivity index (χ0n) is 7.27. The summed E-state index contributed by atoms with van der Waals surface area (Å²) in [4.78, 5) is 5.18. The van der Waals surface area contributed by atoms with Gasteiger partial charge in [-0.05, 0) is 17.7 Å². The summed E-state index contributed by atoms with van der Waals surface area (Å²) in [5.74, 6) is 0. The largest absolute Gasteiger partial charge is 0.389 e. The number of thiazole rings is 1. The molecule has 0 amide bonds. The summed E-state index contributed by atoms with van der Waals surface area (Å²) >= 11 is 4.90. The maximum atomic E-state index is 8.88. The number of rotatable bonds is 2. The quantitative estimate of drug-likeness (QED) is 0.909. The third kappa shape index (κ3) is 2.03. The number of aliphatic hydroxyl groups excluding tert-OH is 1. The number of hydrogen-bond donors (Lipinski definition) is 1. The van der Waals surface area contributed by atoms with Gasteiger partial charge in [0.25, 0.3) is 0 Å². The Kier molecular flexibility index (Phi) is 2.96. The first-order valence-corrected chi connectivity index (χ1v) is 5.72. The number of aliphatic hydroxyl groups is 1. The standard InChI is InChI=1S/C10H8BrNOS/c11-8-3-1-7(2-4-8)9-5-12-10(6-13)14-9/h1-5,13H,6H2. The SMILES string of the molecule is OCc1ncc(-c2ccc(Br)cc2)s1. The molecule has 72 valence electrons. The molecule has 1 aromatic carbocycles. The second kappa shape index (κ2) is 4.21. The van der Waals surface area contributed by atoms with Gasteiger partial charge in [-0.1, -0.05) is 28.1 Å². The first kappa shape index (κ1) is 9.83. The van der Waals surface area contributed by atoms with E-state index in [1.165, 1.54) is 11.3 Å². The van der Waals surface area contributed by atoms with Crippen molar-refractivity contribution in [3.63, 3.8) is 0 Å². The van der Waals surface area contributed by atoms with Gasteiger partial charge in [0.15, 0.2) is 0 Å². The smallest absolute Gasteiger partial charge is 0.119 e. The van der Waals surface area contributed by atoms with Gasteiger partial charge in [-0.25, -0.2) is 4.98 Å². The van der Waals surface area contributed by atoms with Crippen LogP contribution in [0.4, 0.5) is 0 Å². The van der Waals surface area contributed by atoms with E-state index in [-0.39, 0.29) is 6.61 Å². The molecule has 0 bridgehead atoms. The van der Waals surface area contributed by atoms with Gasteiger partial charge in [-0.2, -0.15) is 0 Å². The predicted octanol–water partition coefficient (Wildman–Crippen LogP) is 3.06. The summed E-state index contributed by atoms with van der Waals surface area (Å²) < 4.78 is 1.06. The number of hydrogen-bond acceptors (Lipinski definition) is 3. The lowest BCUT2D eigenvalue weighted by molar-refractivity contribution is 0.281. The van der Waals surface area contributed by atoms with Gasteiger partial charge in [0, 0.05) is 10.7 Å². The number of halogens is 1. The third-order valence-corrected chi connectivity index (χ3v) is 3.38. The molecule has 14 heavy (non-hydrogen) atoms. The summed E-state index contributed by atoms with van der Waals surface area (Å²) in [5, 5.41) is 9.64. The number of aromatic nitrogens is 1. The van der Waals surface area contributed by atoms with Crippen molar-refractivity contribution < 1.29 is 5.11 Å². The Morgan fingerprint density at radius 1 is 1.29 bits per heavy atom. The summed E-state index contributed by atoms with van der Waals surface area (Å²) in [5.41, 5.74) is 1.13. The zero-order chi connectivity index (χ0) is 9.97. The van der Waals surface area contributed by atoms with Gasteiger partial charge in [0.05, 0.1) is 11.5 Å². The van der Waals surface area contributed by atoms with Crippen molar-refractivity contribution in [3.8, 4) is 10.4 Å². The fraction of sp³-hybridized carbons (Fsp3) is 0.100. The molecule has 0 fully saturated rings. The third-order valence-electron chi connectivity index (χ3n) is 1.82. The van der Waals surface area contributed by atoms with Crippen LogP contribution in [0, 0.1) is 0 Å². The van der Waals surface area contributed by atoms with Crippen LogP contribution in [0.5, 0.6) is 0 Å². The molecule has 0 atom stereocenters. The van der Waals surface area contributed by atoms with E-state index in [9.17, 15) is 0 Å². The molecule has 0 radical (unpaired) electrons. The van der Waals surface area contributed by atoms with Crippen molar-refractivity contribution in [3.05, 3.63) is 39.9 Å². The van der Waals surface area contributed by atoms with Crippen molar-refractivity contribution in [2.75, 3.05) is 0 Å². The van der Waals surface area contributed by atoms with Crippen LogP contribution in [0.25, 0.3) is 10.4 Å². The van der Waals surface area contributed by atoms with Crippen LogP contribution in [0.1, 0.15) is 5.01 Å². The molecule has 0 aliphatic rings. The Morgan fingerprint density at radius 2 is 2.00 bits per heavy atom. The Hall–Kier alpha value is -0.710. The molecule has 2 aromatic rings. The highest BCUT2D eigenvalue weighted by molar-refractivity contribution is 9.10. The topological polar surface area (TPSA) is 33.1 Å². The molecule has 0 aliphatic heterocycles. The van der Waals surface area contributed by atoms with Crippen LogP contribution in [-0.2, 0) is 6.61 Å². The maximum Gasteiger partial charge on any atom is 0.119 e. The van der Waals surface area contributed by atoms with Crippen molar-refractivity contribution >= 4 is 27.3 Å². The lowest BCUT2D eigenvalue weighted by atomic mass is 10.2. The van der Waals surface area contributed by atoms with E-state index in [0.29, 0.717) is 0 Å². The van der Waals surface area contributed by atoms with Crippen LogP contribution < -0.4 is 0 Å². The minimum atomic E-state index is 0.0151. The van der Waals surface area contributed by atoms with Gasteiger partial charge in [-0.15, -0.1) is 11.3 Å². The van der Waals surface area contributed by atoms with E-state index in [4.69, 9.17) is 5.11 Å². The average Bonchev–Trinajstić information content (AvgIpc) is 2.67. The highest BCUT2D eigenvalue weighted by Crippen LogP contribution is 2.27. The normalized spacial score (nSPS) is 10.4. The zero-order valence-corrected chi connectivity index (χ0v) is 9.68.